The Morgan fingerprint density at radius 2 is 1.89 bits per heavy atom. The molecule has 3 aromatic rings. The molecule has 5 nitrogen and oxygen atoms in total. The van der Waals surface area contributed by atoms with Gasteiger partial charge >= 0.3 is 5.97 Å². The Bertz CT molecular complexity index is 1010. The van der Waals surface area contributed by atoms with Crippen LogP contribution in [-0.4, -0.2) is 22.0 Å². The highest BCUT2D eigenvalue weighted by Crippen LogP contribution is 2.23. The fraction of sp³-hybridized carbons (Fsp3) is 0.227. The van der Waals surface area contributed by atoms with E-state index in [4.69, 9.17) is 5.11 Å². The second-order valence-electron chi connectivity index (χ2n) is 6.73. The molecule has 3 rings (SSSR count). The molecule has 0 aliphatic carbocycles. The molecular formula is C22H22N2O3S. The highest BCUT2D eigenvalue weighted by atomic mass is 32.1. The number of hydrogen-bond donors (Lipinski definition) is 2. The van der Waals surface area contributed by atoms with Crippen molar-refractivity contribution in [1.29, 1.82) is 0 Å². The number of aryl methyl sites for hydroxylation is 3. The van der Waals surface area contributed by atoms with Gasteiger partial charge in [-0.3, -0.25) is 14.9 Å². The summed E-state index contributed by atoms with van der Waals surface area (Å²) in [7, 11) is 0. The summed E-state index contributed by atoms with van der Waals surface area (Å²) in [6.45, 7) is 4.19. The van der Waals surface area contributed by atoms with Gasteiger partial charge in [-0.15, -0.1) is 11.3 Å². The molecule has 6 heteroatoms. The molecule has 0 atom stereocenters. The van der Waals surface area contributed by atoms with E-state index in [0.717, 1.165) is 11.3 Å². The average Bonchev–Trinajstić information content (AvgIpc) is 3.10. The van der Waals surface area contributed by atoms with Crippen molar-refractivity contribution < 1.29 is 14.7 Å². The zero-order chi connectivity index (χ0) is 20.1. The first-order valence-corrected chi connectivity index (χ1v) is 9.86. The molecule has 2 aromatic carbocycles. The SMILES string of the molecule is Cc1ccc(Cc2cnc(NC(=O)c3ccccc3CCC(=O)O)s2)cc1C. The van der Waals surface area contributed by atoms with Gasteiger partial charge in [0, 0.05) is 29.5 Å². The lowest BCUT2D eigenvalue weighted by Gasteiger charge is -2.07. The third kappa shape index (κ3) is 5.04. The molecule has 0 spiro atoms. The quantitative estimate of drug-likeness (QED) is 0.613. The van der Waals surface area contributed by atoms with E-state index >= 15 is 0 Å². The van der Waals surface area contributed by atoms with E-state index in [0.29, 0.717) is 22.7 Å². The first-order chi connectivity index (χ1) is 13.4. The number of aliphatic carboxylic acids is 1. The van der Waals surface area contributed by atoms with E-state index in [1.54, 1.807) is 30.5 Å². The van der Waals surface area contributed by atoms with Crippen LogP contribution in [0, 0.1) is 13.8 Å². The van der Waals surface area contributed by atoms with Crippen LogP contribution < -0.4 is 5.32 Å². The number of aromatic nitrogens is 1. The van der Waals surface area contributed by atoms with Gasteiger partial charge in [-0.05, 0) is 48.6 Å². The Balaban J connectivity index is 1.69. The summed E-state index contributed by atoms with van der Waals surface area (Å²) in [5.41, 5.74) is 4.93. The Hall–Kier alpha value is -2.99. The molecule has 1 amide bonds. The van der Waals surface area contributed by atoms with Crippen molar-refractivity contribution in [2.45, 2.75) is 33.1 Å². The summed E-state index contributed by atoms with van der Waals surface area (Å²) in [5.74, 6) is -1.15. The molecule has 0 saturated carbocycles. The van der Waals surface area contributed by atoms with Gasteiger partial charge < -0.3 is 5.11 Å². The topological polar surface area (TPSA) is 79.3 Å². The maximum atomic E-state index is 12.6. The number of anilines is 1. The van der Waals surface area contributed by atoms with E-state index in [9.17, 15) is 9.59 Å². The second kappa shape index (κ2) is 8.80. The van der Waals surface area contributed by atoms with Crippen LogP contribution in [0.25, 0.3) is 0 Å². The minimum Gasteiger partial charge on any atom is -0.481 e. The van der Waals surface area contributed by atoms with Crippen molar-refractivity contribution in [3.8, 4) is 0 Å². The molecule has 0 unspecified atom stereocenters. The molecule has 0 radical (unpaired) electrons. The van der Waals surface area contributed by atoms with Crippen LogP contribution in [-0.2, 0) is 17.6 Å². The largest absolute Gasteiger partial charge is 0.481 e. The van der Waals surface area contributed by atoms with Crippen molar-refractivity contribution in [3.63, 3.8) is 0 Å². The van der Waals surface area contributed by atoms with Crippen LogP contribution in [0.5, 0.6) is 0 Å². The summed E-state index contributed by atoms with van der Waals surface area (Å²) in [4.78, 5) is 28.8. The molecule has 0 aliphatic heterocycles. The Labute approximate surface area is 168 Å². The molecule has 1 aromatic heterocycles. The van der Waals surface area contributed by atoms with E-state index in [1.165, 1.54) is 28.0 Å². The van der Waals surface area contributed by atoms with Crippen LogP contribution in [0.3, 0.4) is 0 Å². The molecule has 0 bridgehead atoms. The normalized spacial score (nSPS) is 10.6. The summed E-state index contributed by atoms with van der Waals surface area (Å²) < 4.78 is 0. The monoisotopic (exact) mass is 394 g/mol. The van der Waals surface area contributed by atoms with Crippen molar-refractivity contribution in [2.24, 2.45) is 0 Å². The van der Waals surface area contributed by atoms with E-state index in [2.05, 4.69) is 42.3 Å². The van der Waals surface area contributed by atoms with Gasteiger partial charge in [0.15, 0.2) is 5.13 Å². The van der Waals surface area contributed by atoms with Crippen molar-refractivity contribution >= 4 is 28.3 Å². The number of thiazole rings is 1. The van der Waals surface area contributed by atoms with Gasteiger partial charge in [0.1, 0.15) is 0 Å². The Kier molecular flexibility index (Phi) is 6.21. The Morgan fingerprint density at radius 3 is 2.64 bits per heavy atom. The molecule has 0 aliphatic rings. The highest BCUT2D eigenvalue weighted by Gasteiger charge is 2.14. The number of carboxylic acid groups (broad SMARTS) is 1. The van der Waals surface area contributed by atoms with Crippen LogP contribution in [0.15, 0.2) is 48.7 Å². The van der Waals surface area contributed by atoms with Crippen molar-refractivity contribution in [3.05, 3.63) is 81.4 Å². The molecular weight excluding hydrogens is 372 g/mol. The summed E-state index contributed by atoms with van der Waals surface area (Å²) in [5, 5.41) is 12.3. The number of benzene rings is 2. The summed E-state index contributed by atoms with van der Waals surface area (Å²) in [6.07, 6.45) is 2.85. The summed E-state index contributed by atoms with van der Waals surface area (Å²) in [6, 6.07) is 13.5. The zero-order valence-electron chi connectivity index (χ0n) is 15.9. The minimum absolute atomic E-state index is 0.0122. The smallest absolute Gasteiger partial charge is 0.303 e. The number of rotatable bonds is 7. The van der Waals surface area contributed by atoms with Gasteiger partial charge in [-0.25, -0.2) is 4.98 Å². The number of carbonyl (C=O) groups excluding carboxylic acids is 1. The van der Waals surface area contributed by atoms with Crippen molar-refractivity contribution in [1.82, 2.24) is 4.98 Å². The van der Waals surface area contributed by atoms with Crippen LogP contribution in [0.2, 0.25) is 0 Å². The number of hydrogen-bond acceptors (Lipinski definition) is 4. The highest BCUT2D eigenvalue weighted by molar-refractivity contribution is 7.15. The first kappa shape index (κ1) is 19.8. The van der Waals surface area contributed by atoms with Gasteiger partial charge in [-0.1, -0.05) is 36.4 Å². The molecule has 0 saturated heterocycles. The number of nitrogens with one attached hydrogen (secondary N) is 1. The van der Waals surface area contributed by atoms with Gasteiger partial charge in [0.2, 0.25) is 0 Å². The number of nitrogens with zero attached hydrogens (tertiary/aromatic N) is 1. The molecule has 1 heterocycles. The lowest BCUT2D eigenvalue weighted by molar-refractivity contribution is -0.136. The zero-order valence-corrected chi connectivity index (χ0v) is 16.7. The summed E-state index contributed by atoms with van der Waals surface area (Å²) >= 11 is 1.45. The Morgan fingerprint density at radius 1 is 1.11 bits per heavy atom. The third-order valence-corrected chi connectivity index (χ3v) is 5.51. The van der Waals surface area contributed by atoms with Crippen LogP contribution >= 0.6 is 11.3 Å². The maximum absolute atomic E-state index is 12.6. The lowest BCUT2D eigenvalue weighted by Crippen LogP contribution is -2.14. The van der Waals surface area contributed by atoms with E-state index in [-0.39, 0.29) is 12.3 Å². The van der Waals surface area contributed by atoms with E-state index in [1.807, 2.05) is 0 Å². The van der Waals surface area contributed by atoms with Crippen LogP contribution in [0.1, 0.15) is 43.9 Å². The lowest BCUT2D eigenvalue weighted by atomic mass is 10.0. The first-order valence-electron chi connectivity index (χ1n) is 9.04. The number of carbonyl (C=O) groups is 2. The van der Waals surface area contributed by atoms with Gasteiger partial charge in [0.25, 0.3) is 5.91 Å². The minimum atomic E-state index is -0.883. The molecule has 28 heavy (non-hydrogen) atoms. The average molecular weight is 394 g/mol. The third-order valence-electron chi connectivity index (χ3n) is 4.59. The number of carboxylic acids is 1. The standard InChI is InChI=1S/C22H22N2O3S/c1-14-7-8-16(11-15(14)2)12-18-13-23-22(28-18)24-21(27)19-6-4-3-5-17(19)9-10-20(25)26/h3-8,11,13H,9-10,12H2,1-2H3,(H,25,26)(H,23,24,27). The van der Waals surface area contributed by atoms with Gasteiger partial charge in [0.05, 0.1) is 0 Å². The molecule has 0 fully saturated rings. The number of amides is 1. The van der Waals surface area contributed by atoms with Gasteiger partial charge in [-0.2, -0.15) is 0 Å². The van der Waals surface area contributed by atoms with Crippen LogP contribution in [0.4, 0.5) is 5.13 Å². The fourth-order valence-electron chi connectivity index (χ4n) is 2.93. The predicted octanol–water partition coefficient (Wildman–Crippen LogP) is 4.62. The predicted molar refractivity (Wildman–Crippen MR) is 111 cm³/mol. The van der Waals surface area contributed by atoms with E-state index < -0.39 is 5.97 Å². The second-order valence-corrected chi connectivity index (χ2v) is 7.85. The van der Waals surface area contributed by atoms with Crippen molar-refractivity contribution in [2.75, 3.05) is 5.32 Å². The fourth-order valence-corrected chi connectivity index (χ4v) is 3.77. The molecule has 144 valence electrons. The maximum Gasteiger partial charge on any atom is 0.303 e. The molecule has 2 N–H and O–H groups in total.